The molecular formula is C18H17ClN2O2. The second kappa shape index (κ2) is 5.55. The minimum atomic E-state index is -0.934. The van der Waals surface area contributed by atoms with Crippen LogP contribution in [0.3, 0.4) is 0 Å². The molecule has 3 heterocycles. The topological polar surface area (TPSA) is 43.4 Å². The van der Waals surface area contributed by atoms with Gasteiger partial charge in [0.2, 0.25) is 0 Å². The first-order chi connectivity index (χ1) is 11.2. The van der Waals surface area contributed by atoms with Crippen molar-refractivity contribution in [1.82, 2.24) is 10.3 Å². The van der Waals surface area contributed by atoms with Crippen molar-refractivity contribution in [1.29, 1.82) is 0 Å². The molecule has 0 saturated carbocycles. The van der Waals surface area contributed by atoms with Crippen molar-refractivity contribution in [3.63, 3.8) is 0 Å². The zero-order valence-corrected chi connectivity index (χ0v) is 13.6. The lowest BCUT2D eigenvalue weighted by molar-refractivity contribution is -0.0718. The molecule has 0 spiro atoms. The molecule has 0 saturated heterocycles. The van der Waals surface area contributed by atoms with E-state index in [9.17, 15) is 0 Å². The first-order valence-electron chi connectivity index (χ1n) is 7.69. The molecule has 2 aromatic rings. The van der Waals surface area contributed by atoms with Gasteiger partial charge in [-0.3, -0.25) is 4.98 Å². The van der Waals surface area contributed by atoms with E-state index in [4.69, 9.17) is 21.1 Å². The van der Waals surface area contributed by atoms with Crippen molar-refractivity contribution in [3.8, 4) is 11.5 Å². The Bertz CT molecular complexity index is 773. The number of benzene rings is 1. The molecule has 1 aromatic heterocycles. The molecule has 1 atom stereocenters. The Labute approximate surface area is 140 Å². The summed E-state index contributed by atoms with van der Waals surface area (Å²) in [5, 5.41) is 3.92. The highest BCUT2D eigenvalue weighted by Crippen LogP contribution is 2.47. The average Bonchev–Trinajstić information content (AvgIpc) is 2.93. The van der Waals surface area contributed by atoms with Gasteiger partial charge in [-0.2, -0.15) is 0 Å². The van der Waals surface area contributed by atoms with Crippen LogP contribution in [0.2, 0.25) is 5.02 Å². The van der Waals surface area contributed by atoms with Gasteiger partial charge in [-0.15, -0.1) is 0 Å². The van der Waals surface area contributed by atoms with Gasteiger partial charge in [0.25, 0.3) is 5.79 Å². The quantitative estimate of drug-likeness (QED) is 0.911. The van der Waals surface area contributed by atoms with E-state index in [2.05, 4.69) is 22.4 Å². The molecule has 5 heteroatoms. The number of hydrogen-bond donors (Lipinski definition) is 1. The number of fused-ring (bicyclic) bond motifs is 1. The number of nitrogens with zero attached hydrogens (tertiary/aromatic N) is 1. The van der Waals surface area contributed by atoms with E-state index in [1.165, 1.54) is 5.57 Å². The van der Waals surface area contributed by atoms with Gasteiger partial charge in [-0.1, -0.05) is 29.8 Å². The fourth-order valence-corrected chi connectivity index (χ4v) is 3.11. The maximum atomic E-state index is 6.22. The fourth-order valence-electron chi connectivity index (χ4n) is 3.00. The van der Waals surface area contributed by atoms with Crippen molar-refractivity contribution in [3.05, 3.63) is 58.9 Å². The third-order valence-corrected chi connectivity index (χ3v) is 4.41. The lowest BCUT2D eigenvalue weighted by Crippen LogP contribution is -2.32. The van der Waals surface area contributed by atoms with Gasteiger partial charge in [0.15, 0.2) is 11.5 Å². The van der Waals surface area contributed by atoms with E-state index >= 15 is 0 Å². The Morgan fingerprint density at radius 3 is 2.87 bits per heavy atom. The Morgan fingerprint density at radius 2 is 2.13 bits per heavy atom. The molecule has 0 aliphatic carbocycles. The number of halogens is 1. The van der Waals surface area contributed by atoms with Gasteiger partial charge in [0.1, 0.15) is 5.69 Å². The Morgan fingerprint density at radius 1 is 1.22 bits per heavy atom. The molecule has 2 aliphatic rings. The molecule has 118 valence electrons. The predicted molar refractivity (Wildman–Crippen MR) is 89.8 cm³/mol. The van der Waals surface area contributed by atoms with Gasteiger partial charge >= 0.3 is 0 Å². The Hall–Kier alpha value is -2.04. The van der Waals surface area contributed by atoms with Gasteiger partial charge in [-0.05, 0) is 36.7 Å². The van der Waals surface area contributed by atoms with Gasteiger partial charge < -0.3 is 14.8 Å². The van der Waals surface area contributed by atoms with Crippen LogP contribution in [0, 0.1) is 0 Å². The summed E-state index contributed by atoms with van der Waals surface area (Å²) in [5.41, 5.74) is 3.09. The third kappa shape index (κ3) is 2.58. The number of nitrogens with one attached hydrogen (secondary N) is 1. The van der Waals surface area contributed by atoms with E-state index in [0.29, 0.717) is 10.7 Å². The molecule has 1 aromatic carbocycles. The van der Waals surface area contributed by atoms with E-state index in [0.717, 1.165) is 36.6 Å². The summed E-state index contributed by atoms with van der Waals surface area (Å²) in [5.74, 6) is 0.609. The molecule has 4 nitrogen and oxygen atoms in total. The smallest absolute Gasteiger partial charge is 0.292 e. The third-order valence-electron chi connectivity index (χ3n) is 4.18. The highest BCUT2D eigenvalue weighted by molar-refractivity contribution is 6.30. The summed E-state index contributed by atoms with van der Waals surface area (Å²) < 4.78 is 12.3. The molecule has 0 amide bonds. The van der Waals surface area contributed by atoms with E-state index in [1.54, 1.807) is 12.3 Å². The summed E-state index contributed by atoms with van der Waals surface area (Å²) in [6.45, 7) is 3.74. The van der Waals surface area contributed by atoms with Gasteiger partial charge in [0, 0.05) is 25.2 Å². The minimum Gasteiger partial charge on any atom is -0.443 e. The molecule has 1 N–H and O–H groups in total. The molecule has 4 rings (SSSR count). The highest BCUT2D eigenvalue weighted by atomic mass is 35.5. The Kier molecular flexibility index (Phi) is 3.51. The molecule has 0 unspecified atom stereocenters. The summed E-state index contributed by atoms with van der Waals surface area (Å²) in [4.78, 5) is 4.35. The number of hydrogen-bond acceptors (Lipinski definition) is 4. The highest BCUT2D eigenvalue weighted by Gasteiger charge is 2.41. The van der Waals surface area contributed by atoms with Crippen LogP contribution in [0.1, 0.15) is 24.6 Å². The van der Waals surface area contributed by atoms with Gasteiger partial charge in [-0.25, -0.2) is 0 Å². The number of rotatable bonds is 2. The van der Waals surface area contributed by atoms with Crippen molar-refractivity contribution < 1.29 is 9.47 Å². The van der Waals surface area contributed by atoms with Crippen molar-refractivity contribution in [2.24, 2.45) is 0 Å². The standard InChI is InChI=1S/C18H17ClN2O2/c1-18(16-6-5-13(19)11-21-16)22-15-4-2-3-14(17(15)23-18)12-7-9-20-10-8-12/h2-7,11,20H,8-10H2,1H3/t18-/m0/s1. The molecule has 0 radical (unpaired) electrons. The summed E-state index contributed by atoms with van der Waals surface area (Å²) in [6.07, 6.45) is 4.79. The van der Waals surface area contributed by atoms with Crippen LogP contribution in [0.25, 0.3) is 5.57 Å². The first kappa shape index (κ1) is 14.5. The molecule has 0 fully saturated rings. The van der Waals surface area contributed by atoms with Crippen LogP contribution >= 0.6 is 11.6 Å². The Balaban J connectivity index is 1.72. The fraction of sp³-hybridized carbons (Fsp3) is 0.278. The summed E-state index contributed by atoms with van der Waals surface area (Å²) >= 11 is 5.92. The second-order valence-electron chi connectivity index (χ2n) is 5.83. The summed E-state index contributed by atoms with van der Waals surface area (Å²) in [6, 6.07) is 9.64. The normalized spacial score (nSPS) is 22.8. The second-order valence-corrected chi connectivity index (χ2v) is 6.26. The predicted octanol–water partition coefficient (Wildman–Crippen LogP) is 3.76. The lowest BCUT2D eigenvalue weighted by Gasteiger charge is -2.22. The molecule has 2 aliphatic heterocycles. The van der Waals surface area contributed by atoms with E-state index in [1.807, 2.05) is 25.1 Å². The summed E-state index contributed by atoms with van der Waals surface area (Å²) in [7, 11) is 0. The number of aromatic nitrogens is 1. The monoisotopic (exact) mass is 328 g/mol. The van der Waals surface area contributed by atoms with E-state index in [-0.39, 0.29) is 0 Å². The number of pyridine rings is 1. The van der Waals surface area contributed by atoms with E-state index < -0.39 is 5.79 Å². The minimum absolute atomic E-state index is 0.591. The lowest BCUT2D eigenvalue weighted by atomic mass is 9.99. The average molecular weight is 329 g/mol. The zero-order valence-electron chi connectivity index (χ0n) is 12.8. The first-order valence-corrected chi connectivity index (χ1v) is 8.07. The van der Waals surface area contributed by atoms with Crippen molar-refractivity contribution in [2.75, 3.05) is 13.1 Å². The zero-order chi connectivity index (χ0) is 15.9. The molecule has 0 bridgehead atoms. The van der Waals surface area contributed by atoms with Crippen LogP contribution in [-0.4, -0.2) is 18.1 Å². The van der Waals surface area contributed by atoms with Crippen molar-refractivity contribution >= 4 is 17.2 Å². The van der Waals surface area contributed by atoms with Crippen LogP contribution in [0.15, 0.2) is 42.6 Å². The van der Waals surface area contributed by atoms with Crippen LogP contribution in [-0.2, 0) is 5.79 Å². The van der Waals surface area contributed by atoms with Gasteiger partial charge in [0.05, 0.1) is 5.02 Å². The van der Waals surface area contributed by atoms with Crippen LogP contribution < -0.4 is 14.8 Å². The largest absolute Gasteiger partial charge is 0.443 e. The molecular weight excluding hydrogens is 312 g/mol. The number of para-hydroxylation sites is 1. The maximum Gasteiger partial charge on any atom is 0.292 e. The maximum absolute atomic E-state index is 6.22. The SMILES string of the molecule is C[C@]1(c2ccc(Cl)cn2)Oc2cccc(C3=CCNCC3)c2O1. The van der Waals surface area contributed by atoms with Crippen LogP contribution in [0.4, 0.5) is 0 Å². The molecule has 23 heavy (non-hydrogen) atoms. The number of ether oxygens (including phenoxy) is 2. The van der Waals surface area contributed by atoms with Crippen LogP contribution in [0.5, 0.6) is 11.5 Å². The van der Waals surface area contributed by atoms with Crippen molar-refractivity contribution in [2.45, 2.75) is 19.1 Å².